The number of nitriles is 1. The van der Waals surface area contributed by atoms with Gasteiger partial charge in [-0.25, -0.2) is 0 Å². The van der Waals surface area contributed by atoms with E-state index in [9.17, 15) is 0 Å². The molecule has 0 aromatic carbocycles. The molecule has 15 heavy (non-hydrogen) atoms. The highest BCUT2D eigenvalue weighted by Crippen LogP contribution is 2.22. The first-order chi connectivity index (χ1) is 7.31. The Labute approximate surface area is 93.2 Å². The minimum Gasteiger partial charge on any atom is -0.330 e. The fourth-order valence-corrected chi connectivity index (χ4v) is 2.54. The van der Waals surface area contributed by atoms with Crippen molar-refractivity contribution in [3.05, 3.63) is 0 Å². The van der Waals surface area contributed by atoms with Crippen molar-refractivity contribution >= 4 is 0 Å². The Kier molecular flexibility index (Phi) is 5.67. The van der Waals surface area contributed by atoms with Gasteiger partial charge in [-0.3, -0.25) is 4.90 Å². The molecule has 0 spiro atoms. The van der Waals surface area contributed by atoms with Crippen LogP contribution in [0.1, 0.15) is 39.0 Å². The highest BCUT2D eigenvalue weighted by molar-refractivity contribution is 4.85. The molecule has 86 valence electrons. The Morgan fingerprint density at radius 2 is 2.40 bits per heavy atom. The van der Waals surface area contributed by atoms with Crippen molar-refractivity contribution in [2.24, 2.45) is 11.7 Å². The van der Waals surface area contributed by atoms with Crippen molar-refractivity contribution in [3.8, 4) is 6.07 Å². The molecule has 0 amide bonds. The minimum absolute atomic E-state index is 0.468. The van der Waals surface area contributed by atoms with E-state index in [2.05, 4.69) is 17.9 Å². The third kappa shape index (κ3) is 3.81. The zero-order valence-electron chi connectivity index (χ0n) is 9.78. The first-order valence-electron chi connectivity index (χ1n) is 6.12. The van der Waals surface area contributed by atoms with Crippen LogP contribution in [0.4, 0.5) is 0 Å². The van der Waals surface area contributed by atoms with Crippen LogP contribution in [0.5, 0.6) is 0 Å². The smallest absolute Gasteiger partial charge is 0.0638 e. The predicted octanol–water partition coefficient (Wildman–Crippen LogP) is 1.74. The van der Waals surface area contributed by atoms with Gasteiger partial charge in [0, 0.05) is 12.6 Å². The topological polar surface area (TPSA) is 53.0 Å². The molecule has 2 unspecified atom stereocenters. The van der Waals surface area contributed by atoms with Crippen LogP contribution >= 0.6 is 0 Å². The number of rotatable bonds is 5. The van der Waals surface area contributed by atoms with E-state index < -0.39 is 0 Å². The van der Waals surface area contributed by atoms with Crippen LogP contribution in [0.15, 0.2) is 0 Å². The van der Waals surface area contributed by atoms with E-state index >= 15 is 0 Å². The van der Waals surface area contributed by atoms with Gasteiger partial charge in [-0.15, -0.1) is 0 Å². The number of likely N-dealkylation sites (tertiary alicyclic amines) is 1. The lowest BCUT2D eigenvalue weighted by Gasteiger charge is -2.37. The Morgan fingerprint density at radius 3 is 3.00 bits per heavy atom. The molecule has 1 saturated heterocycles. The number of nitrogens with zero attached hydrogens (tertiary/aromatic N) is 2. The summed E-state index contributed by atoms with van der Waals surface area (Å²) in [6.45, 7) is 5.29. The third-order valence-electron chi connectivity index (χ3n) is 3.44. The Hall–Kier alpha value is -0.590. The zero-order chi connectivity index (χ0) is 11.1. The summed E-state index contributed by atoms with van der Waals surface area (Å²) in [5, 5.41) is 8.77. The second kappa shape index (κ2) is 6.81. The van der Waals surface area contributed by atoms with Crippen molar-refractivity contribution < 1.29 is 0 Å². The van der Waals surface area contributed by atoms with Crippen LogP contribution in [0.3, 0.4) is 0 Å². The van der Waals surface area contributed by atoms with Gasteiger partial charge >= 0.3 is 0 Å². The minimum atomic E-state index is 0.468. The summed E-state index contributed by atoms with van der Waals surface area (Å²) in [4.78, 5) is 2.49. The van der Waals surface area contributed by atoms with Gasteiger partial charge in [0.05, 0.1) is 12.5 Å². The molecule has 0 aromatic rings. The normalized spacial score (nSPS) is 24.7. The fraction of sp³-hybridized carbons (Fsp3) is 0.917. The van der Waals surface area contributed by atoms with E-state index in [4.69, 9.17) is 11.0 Å². The third-order valence-corrected chi connectivity index (χ3v) is 3.44. The van der Waals surface area contributed by atoms with Gasteiger partial charge in [0.15, 0.2) is 0 Å². The lowest BCUT2D eigenvalue weighted by Crippen LogP contribution is -2.42. The maximum absolute atomic E-state index is 8.77. The van der Waals surface area contributed by atoms with Crippen LogP contribution in [-0.2, 0) is 0 Å². The molecular formula is C12H23N3. The number of hydrogen-bond donors (Lipinski definition) is 1. The van der Waals surface area contributed by atoms with Crippen molar-refractivity contribution in [1.82, 2.24) is 4.90 Å². The van der Waals surface area contributed by atoms with Gasteiger partial charge in [-0.05, 0) is 44.7 Å². The van der Waals surface area contributed by atoms with Gasteiger partial charge in [0.1, 0.15) is 0 Å². The van der Waals surface area contributed by atoms with E-state index in [1.54, 1.807) is 0 Å². The molecule has 3 heteroatoms. The van der Waals surface area contributed by atoms with Crippen LogP contribution in [0.2, 0.25) is 0 Å². The molecule has 2 atom stereocenters. The first kappa shape index (κ1) is 12.5. The summed E-state index contributed by atoms with van der Waals surface area (Å²) in [6, 6.07) is 2.76. The molecule has 0 aromatic heterocycles. The van der Waals surface area contributed by atoms with Crippen LogP contribution in [0.25, 0.3) is 0 Å². The summed E-state index contributed by atoms with van der Waals surface area (Å²) in [6.07, 6.45) is 5.48. The number of hydrogen-bond acceptors (Lipinski definition) is 3. The lowest BCUT2D eigenvalue weighted by molar-refractivity contribution is 0.118. The highest BCUT2D eigenvalue weighted by atomic mass is 15.2. The predicted molar refractivity (Wildman–Crippen MR) is 62.3 cm³/mol. The first-order valence-corrected chi connectivity index (χ1v) is 6.12. The summed E-state index contributed by atoms with van der Waals surface area (Å²) in [5.41, 5.74) is 5.60. The van der Waals surface area contributed by atoms with Crippen molar-refractivity contribution in [1.29, 1.82) is 5.26 Å². The standard InChI is InChI=1S/C12H23N3/c1-2-12(6-8-14)15-9-3-4-11(10-15)5-7-13/h11-12H,2-7,9-10,13H2,1H3. The molecule has 1 aliphatic rings. The maximum Gasteiger partial charge on any atom is 0.0638 e. The molecule has 1 heterocycles. The Balaban J connectivity index is 2.43. The Bertz CT molecular complexity index is 207. The molecule has 1 rings (SSSR count). The second-order valence-corrected chi connectivity index (χ2v) is 4.50. The second-order valence-electron chi connectivity index (χ2n) is 4.50. The highest BCUT2D eigenvalue weighted by Gasteiger charge is 2.24. The SMILES string of the molecule is CCC(CC#N)N1CCCC(CCN)C1. The van der Waals surface area contributed by atoms with E-state index in [1.165, 1.54) is 19.4 Å². The average molecular weight is 209 g/mol. The zero-order valence-corrected chi connectivity index (χ0v) is 9.78. The lowest BCUT2D eigenvalue weighted by atomic mass is 9.93. The summed E-state index contributed by atoms with van der Waals surface area (Å²) in [5.74, 6) is 0.761. The average Bonchev–Trinajstić information content (AvgIpc) is 2.27. The van der Waals surface area contributed by atoms with E-state index in [1.807, 2.05) is 0 Å². The molecule has 0 aliphatic carbocycles. The Morgan fingerprint density at radius 1 is 1.60 bits per heavy atom. The number of nitrogens with two attached hydrogens (primary N) is 1. The quantitative estimate of drug-likeness (QED) is 0.750. The van der Waals surface area contributed by atoms with E-state index in [0.717, 1.165) is 31.8 Å². The molecule has 1 fully saturated rings. The van der Waals surface area contributed by atoms with Gasteiger partial charge in [-0.1, -0.05) is 6.92 Å². The van der Waals surface area contributed by atoms with Crippen molar-refractivity contribution in [3.63, 3.8) is 0 Å². The molecule has 0 saturated carbocycles. The summed E-state index contributed by atoms with van der Waals surface area (Å²) >= 11 is 0. The largest absolute Gasteiger partial charge is 0.330 e. The maximum atomic E-state index is 8.77. The van der Waals surface area contributed by atoms with Crippen LogP contribution < -0.4 is 5.73 Å². The molecule has 2 N–H and O–H groups in total. The van der Waals surface area contributed by atoms with Gasteiger partial charge in [0.25, 0.3) is 0 Å². The molecule has 0 radical (unpaired) electrons. The number of piperidine rings is 1. The summed E-state index contributed by atoms with van der Waals surface area (Å²) < 4.78 is 0. The molecular weight excluding hydrogens is 186 g/mol. The van der Waals surface area contributed by atoms with Gasteiger partial charge in [0.2, 0.25) is 0 Å². The molecule has 1 aliphatic heterocycles. The molecule has 0 bridgehead atoms. The monoisotopic (exact) mass is 209 g/mol. The van der Waals surface area contributed by atoms with E-state index in [0.29, 0.717) is 12.5 Å². The van der Waals surface area contributed by atoms with Gasteiger partial charge in [-0.2, -0.15) is 5.26 Å². The fourth-order valence-electron chi connectivity index (χ4n) is 2.54. The van der Waals surface area contributed by atoms with E-state index in [-0.39, 0.29) is 0 Å². The van der Waals surface area contributed by atoms with Gasteiger partial charge < -0.3 is 5.73 Å². The molecule has 3 nitrogen and oxygen atoms in total. The summed E-state index contributed by atoms with van der Waals surface area (Å²) in [7, 11) is 0. The van der Waals surface area contributed by atoms with Crippen molar-refractivity contribution in [2.45, 2.75) is 45.1 Å². The van der Waals surface area contributed by atoms with Crippen molar-refractivity contribution in [2.75, 3.05) is 19.6 Å². The van der Waals surface area contributed by atoms with Crippen LogP contribution in [0, 0.1) is 17.2 Å². The van der Waals surface area contributed by atoms with Crippen LogP contribution in [-0.4, -0.2) is 30.6 Å².